The smallest absolute Gasteiger partial charge is 0.293 e. The van der Waals surface area contributed by atoms with Crippen LogP contribution in [0.4, 0.5) is 4.79 Å². The van der Waals surface area contributed by atoms with E-state index in [1.165, 1.54) is 12.0 Å². The van der Waals surface area contributed by atoms with Gasteiger partial charge in [-0.05, 0) is 48.2 Å². The number of thioether (sulfide) groups is 1. The summed E-state index contributed by atoms with van der Waals surface area (Å²) in [6.07, 6.45) is 1.63. The number of carbonyl (C=O) groups is 2. The van der Waals surface area contributed by atoms with E-state index in [0.29, 0.717) is 32.9 Å². The summed E-state index contributed by atoms with van der Waals surface area (Å²) < 4.78 is 17.1. The van der Waals surface area contributed by atoms with E-state index in [2.05, 4.69) is 0 Å². The van der Waals surface area contributed by atoms with E-state index < -0.39 is 0 Å². The van der Waals surface area contributed by atoms with E-state index in [4.69, 9.17) is 37.4 Å². The minimum absolute atomic E-state index is 0.146. The Hall–Kier alpha value is -3.13. The number of halogens is 2. The van der Waals surface area contributed by atoms with Crippen LogP contribution in [0, 0.1) is 0 Å². The van der Waals surface area contributed by atoms with Crippen LogP contribution in [0.3, 0.4) is 0 Å². The fraction of sp³-hybridized carbons (Fsp3) is 0.154. The standard InChI is InChI=1S/C26H21Cl2NO5S/c1-32-22-9-5-6-17(24(22)34-16-18-10-11-19(27)15-21(18)28)14-23-25(30)29(26(31)35-23)12-13-33-20-7-3-2-4-8-20/h2-11,14-15H,12-13,16H2,1H3/b23-14-. The first kappa shape index (κ1) is 25.0. The molecule has 1 fully saturated rings. The van der Waals surface area contributed by atoms with E-state index in [9.17, 15) is 9.59 Å². The molecule has 180 valence electrons. The average Bonchev–Trinajstić information content (AvgIpc) is 3.12. The first-order valence-corrected chi connectivity index (χ1v) is 12.2. The van der Waals surface area contributed by atoms with Crippen LogP contribution in [0.2, 0.25) is 10.0 Å². The Morgan fingerprint density at radius 1 is 0.971 bits per heavy atom. The summed E-state index contributed by atoms with van der Waals surface area (Å²) in [7, 11) is 1.53. The maximum Gasteiger partial charge on any atom is 0.293 e. The number of benzene rings is 3. The van der Waals surface area contributed by atoms with Crippen molar-refractivity contribution in [1.29, 1.82) is 0 Å². The number of hydrogen-bond acceptors (Lipinski definition) is 6. The van der Waals surface area contributed by atoms with Crippen LogP contribution in [0.1, 0.15) is 11.1 Å². The third kappa shape index (κ3) is 6.11. The van der Waals surface area contributed by atoms with Gasteiger partial charge in [-0.25, -0.2) is 0 Å². The van der Waals surface area contributed by atoms with Gasteiger partial charge >= 0.3 is 0 Å². The summed E-state index contributed by atoms with van der Waals surface area (Å²) in [6.45, 7) is 0.508. The molecule has 0 radical (unpaired) electrons. The van der Waals surface area contributed by atoms with Crippen molar-refractivity contribution in [3.63, 3.8) is 0 Å². The minimum atomic E-state index is -0.383. The molecule has 4 rings (SSSR count). The van der Waals surface area contributed by atoms with Gasteiger partial charge in [0.25, 0.3) is 11.1 Å². The first-order chi connectivity index (χ1) is 17.0. The SMILES string of the molecule is COc1cccc(/C=C2\SC(=O)N(CCOc3ccccc3)C2=O)c1OCc1ccc(Cl)cc1Cl. The third-order valence-electron chi connectivity index (χ3n) is 5.10. The Balaban J connectivity index is 1.50. The first-order valence-electron chi connectivity index (χ1n) is 10.6. The molecule has 0 bridgehead atoms. The number of rotatable bonds is 9. The molecular weight excluding hydrogens is 509 g/mol. The zero-order valence-corrected chi connectivity index (χ0v) is 21.0. The number of para-hydroxylation sites is 2. The largest absolute Gasteiger partial charge is 0.493 e. The Bertz CT molecular complexity index is 1270. The molecular formula is C26H21Cl2NO5S. The number of nitrogens with zero attached hydrogens (tertiary/aromatic N) is 1. The lowest BCUT2D eigenvalue weighted by Gasteiger charge is -2.15. The fourth-order valence-corrected chi connectivity index (χ4v) is 4.67. The van der Waals surface area contributed by atoms with Gasteiger partial charge in [0.1, 0.15) is 19.0 Å². The van der Waals surface area contributed by atoms with Crippen molar-refractivity contribution in [3.05, 3.63) is 92.8 Å². The van der Waals surface area contributed by atoms with Crippen LogP contribution in [0.5, 0.6) is 17.2 Å². The van der Waals surface area contributed by atoms with Crippen LogP contribution >= 0.6 is 35.0 Å². The van der Waals surface area contributed by atoms with Crippen molar-refractivity contribution in [3.8, 4) is 17.2 Å². The molecule has 0 N–H and O–H groups in total. The molecule has 1 heterocycles. The van der Waals surface area contributed by atoms with Gasteiger partial charge in [-0.15, -0.1) is 0 Å². The van der Waals surface area contributed by atoms with Crippen LogP contribution in [0.25, 0.3) is 6.08 Å². The zero-order chi connectivity index (χ0) is 24.8. The molecule has 35 heavy (non-hydrogen) atoms. The maximum atomic E-state index is 12.9. The van der Waals surface area contributed by atoms with Crippen molar-refractivity contribution in [2.45, 2.75) is 6.61 Å². The third-order valence-corrected chi connectivity index (χ3v) is 6.60. The highest BCUT2D eigenvalue weighted by atomic mass is 35.5. The number of carbonyl (C=O) groups excluding carboxylic acids is 2. The Labute approximate surface area is 217 Å². The van der Waals surface area contributed by atoms with Crippen LogP contribution in [-0.2, 0) is 11.4 Å². The molecule has 0 aliphatic carbocycles. The molecule has 2 amide bonds. The van der Waals surface area contributed by atoms with Crippen molar-refractivity contribution >= 4 is 52.2 Å². The van der Waals surface area contributed by atoms with Crippen LogP contribution < -0.4 is 14.2 Å². The Morgan fingerprint density at radius 2 is 1.77 bits per heavy atom. The van der Waals surface area contributed by atoms with E-state index in [1.807, 2.05) is 30.3 Å². The average molecular weight is 530 g/mol. The number of hydrogen-bond donors (Lipinski definition) is 0. The van der Waals surface area contributed by atoms with Crippen molar-refractivity contribution in [1.82, 2.24) is 4.90 Å². The lowest BCUT2D eigenvalue weighted by Crippen LogP contribution is -2.32. The summed E-state index contributed by atoms with van der Waals surface area (Å²) in [5.41, 5.74) is 1.34. The normalized spacial score (nSPS) is 14.5. The summed E-state index contributed by atoms with van der Waals surface area (Å²) in [6, 6.07) is 19.7. The van der Waals surface area contributed by atoms with E-state index in [0.717, 1.165) is 17.3 Å². The predicted molar refractivity (Wildman–Crippen MR) is 138 cm³/mol. The number of imide groups is 1. The van der Waals surface area contributed by atoms with Gasteiger partial charge in [0.15, 0.2) is 11.5 Å². The highest BCUT2D eigenvalue weighted by Crippen LogP contribution is 2.38. The maximum absolute atomic E-state index is 12.9. The topological polar surface area (TPSA) is 65.1 Å². The van der Waals surface area contributed by atoms with Crippen LogP contribution in [-0.4, -0.2) is 36.3 Å². The van der Waals surface area contributed by atoms with Gasteiger partial charge < -0.3 is 14.2 Å². The molecule has 6 nitrogen and oxygen atoms in total. The number of amides is 2. The molecule has 3 aromatic carbocycles. The summed E-state index contributed by atoms with van der Waals surface area (Å²) >= 11 is 13.1. The Morgan fingerprint density at radius 3 is 2.51 bits per heavy atom. The van der Waals surface area contributed by atoms with E-state index in [-0.39, 0.29) is 35.8 Å². The summed E-state index contributed by atoms with van der Waals surface area (Å²) in [5, 5.41) is 0.658. The minimum Gasteiger partial charge on any atom is -0.493 e. The van der Waals surface area contributed by atoms with Gasteiger partial charge in [0.05, 0.1) is 18.6 Å². The number of methoxy groups -OCH3 is 1. The summed E-state index contributed by atoms with van der Waals surface area (Å²) in [5.74, 6) is 1.21. The molecule has 3 aromatic rings. The van der Waals surface area contributed by atoms with Gasteiger partial charge in [0.2, 0.25) is 0 Å². The fourth-order valence-electron chi connectivity index (χ4n) is 3.36. The molecule has 9 heteroatoms. The molecule has 0 unspecified atom stereocenters. The zero-order valence-electron chi connectivity index (χ0n) is 18.7. The monoisotopic (exact) mass is 529 g/mol. The second kappa shape index (κ2) is 11.5. The lowest BCUT2D eigenvalue weighted by molar-refractivity contribution is -0.123. The van der Waals surface area contributed by atoms with Gasteiger partial charge in [-0.3, -0.25) is 14.5 Å². The van der Waals surface area contributed by atoms with Crippen molar-refractivity contribution in [2.24, 2.45) is 0 Å². The van der Waals surface area contributed by atoms with Crippen LogP contribution in [0.15, 0.2) is 71.6 Å². The van der Waals surface area contributed by atoms with Crippen molar-refractivity contribution < 1.29 is 23.8 Å². The molecule has 1 aliphatic heterocycles. The second-order valence-electron chi connectivity index (χ2n) is 7.40. The molecule has 0 spiro atoms. The molecule has 0 aromatic heterocycles. The Kier molecular flexibility index (Phi) is 8.23. The highest BCUT2D eigenvalue weighted by molar-refractivity contribution is 8.18. The van der Waals surface area contributed by atoms with E-state index in [1.54, 1.807) is 42.5 Å². The highest BCUT2D eigenvalue weighted by Gasteiger charge is 2.35. The second-order valence-corrected chi connectivity index (χ2v) is 9.23. The lowest BCUT2D eigenvalue weighted by atomic mass is 10.1. The number of ether oxygens (including phenoxy) is 3. The molecule has 0 atom stereocenters. The van der Waals surface area contributed by atoms with Gasteiger partial charge in [-0.2, -0.15) is 0 Å². The van der Waals surface area contributed by atoms with Gasteiger partial charge in [0, 0.05) is 21.2 Å². The quantitative estimate of drug-likeness (QED) is 0.287. The van der Waals surface area contributed by atoms with E-state index >= 15 is 0 Å². The molecule has 1 aliphatic rings. The predicted octanol–water partition coefficient (Wildman–Crippen LogP) is 6.70. The van der Waals surface area contributed by atoms with Gasteiger partial charge in [-0.1, -0.05) is 59.6 Å². The molecule has 1 saturated heterocycles. The summed E-state index contributed by atoms with van der Waals surface area (Å²) in [4.78, 5) is 26.9. The van der Waals surface area contributed by atoms with Crippen molar-refractivity contribution in [2.75, 3.05) is 20.3 Å². The molecule has 0 saturated carbocycles.